The van der Waals surface area contributed by atoms with Crippen molar-refractivity contribution >= 4 is 11.4 Å². The van der Waals surface area contributed by atoms with Gasteiger partial charge >= 0.3 is 0 Å². The number of hydrogen-bond acceptors (Lipinski definition) is 4. The van der Waals surface area contributed by atoms with E-state index in [-0.39, 0.29) is 10.6 Å². The van der Waals surface area contributed by atoms with E-state index in [1.807, 2.05) is 13.8 Å². The number of non-ortho nitro benzene ring substituents is 1. The molecule has 1 atom stereocenters. The summed E-state index contributed by atoms with van der Waals surface area (Å²) in [4.78, 5) is 13.1. The second-order valence-electron chi connectivity index (χ2n) is 6.97. The van der Waals surface area contributed by atoms with Crippen LogP contribution in [-0.4, -0.2) is 29.5 Å². The van der Waals surface area contributed by atoms with Gasteiger partial charge < -0.3 is 5.32 Å². The number of aryl methyl sites for hydroxylation is 2. The van der Waals surface area contributed by atoms with Gasteiger partial charge in [0.25, 0.3) is 5.69 Å². The molecule has 0 aromatic heterocycles. The van der Waals surface area contributed by atoms with Gasteiger partial charge in [-0.3, -0.25) is 15.0 Å². The standard InChI is InChI=1S/C20H25N3O2/c1-15-10-19(23(24)25)11-16(2)20(15)21-12-18-8-9-22(14-18)13-17-6-4-3-5-7-17/h3-7,10-11,18,21H,8-9,12-14H2,1-2H3. The maximum Gasteiger partial charge on any atom is 0.270 e. The third-order valence-corrected chi connectivity index (χ3v) is 4.91. The summed E-state index contributed by atoms with van der Waals surface area (Å²) in [7, 11) is 0. The van der Waals surface area contributed by atoms with Gasteiger partial charge in [0, 0.05) is 37.5 Å². The normalized spacial score (nSPS) is 17.6. The van der Waals surface area contributed by atoms with Gasteiger partial charge in [0.1, 0.15) is 0 Å². The lowest BCUT2D eigenvalue weighted by Crippen LogP contribution is -2.23. The molecule has 5 heteroatoms. The minimum Gasteiger partial charge on any atom is -0.384 e. The summed E-state index contributed by atoms with van der Waals surface area (Å²) in [5.74, 6) is 0.609. The maximum absolute atomic E-state index is 10.9. The molecule has 0 saturated carbocycles. The summed E-state index contributed by atoms with van der Waals surface area (Å²) in [5, 5.41) is 14.5. The molecule has 0 radical (unpaired) electrons. The van der Waals surface area contributed by atoms with Crippen LogP contribution in [0.3, 0.4) is 0 Å². The predicted octanol–water partition coefficient (Wildman–Crippen LogP) is 4.15. The monoisotopic (exact) mass is 339 g/mol. The van der Waals surface area contributed by atoms with Crippen molar-refractivity contribution in [3.05, 3.63) is 69.3 Å². The summed E-state index contributed by atoms with van der Waals surface area (Å²) in [6.45, 7) is 7.99. The SMILES string of the molecule is Cc1cc([N+](=O)[O-])cc(C)c1NCC1CCN(Cc2ccccc2)C1. The van der Waals surface area contributed by atoms with Crippen LogP contribution in [0.5, 0.6) is 0 Å². The number of nitrogens with one attached hydrogen (secondary N) is 1. The van der Waals surface area contributed by atoms with Crippen molar-refractivity contribution < 1.29 is 4.92 Å². The zero-order valence-corrected chi connectivity index (χ0v) is 14.9. The van der Waals surface area contributed by atoms with Gasteiger partial charge in [-0.25, -0.2) is 0 Å². The van der Waals surface area contributed by atoms with Crippen molar-refractivity contribution in [1.82, 2.24) is 4.90 Å². The molecule has 1 heterocycles. The Hall–Kier alpha value is -2.40. The Balaban J connectivity index is 1.55. The van der Waals surface area contributed by atoms with Crippen LogP contribution in [0.1, 0.15) is 23.1 Å². The topological polar surface area (TPSA) is 58.4 Å². The van der Waals surface area contributed by atoms with E-state index >= 15 is 0 Å². The van der Waals surface area contributed by atoms with Gasteiger partial charge in [-0.1, -0.05) is 30.3 Å². The van der Waals surface area contributed by atoms with Gasteiger partial charge in [-0.2, -0.15) is 0 Å². The Morgan fingerprint density at radius 3 is 2.52 bits per heavy atom. The number of nitrogens with zero attached hydrogens (tertiary/aromatic N) is 2. The lowest BCUT2D eigenvalue weighted by atomic mass is 10.1. The number of benzene rings is 2. The predicted molar refractivity (Wildman–Crippen MR) is 101 cm³/mol. The largest absolute Gasteiger partial charge is 0.384 e. The molecule has 5 nitrogen and oxygen atoms in total. The number of nitro groups is 1. The van der Waals surface area contributed by atoms with Gasteiger partial charge in [0.15, 0.2) is 0 Å². The minimum atomic E-state index is -0.331. The molecule has 1 aliphatic rings. The highest BCUT2D eigenvalue weighted by molar-refractivity contribution is 5.61. The smallest absolute Gasteiger partial charge is 0.270 e. The molecule has 1 unspecified atom stereocenters. The van der Waals surface area contributed by atoms with Crippen LogP contribution in [0.2, 0.25) is 0 Å². The molecule has 1 aliphatic heterocycles. The fraction of sp³-hybridized carbons (Fsp3) is 0.400. The van der Waals surface area contributed by atoms with Crippen LogP contribution in [0.4, 0.5) is 11.4 Å². The Morgan fingerprint density at radius 2 is 1.88 bits per heavy atom. The van der Waals surface area contributed by atoms with E-state index in [9.17, 15) is 10.1 Å². The summed E-state index contributed by atoms with van der Waals surface area (Å²) in [6.07, 6.45) is 1.19. The Labute approximate surface area is 148 Å². The van der Waals surface area contributed by atoms with Crippen molar-refractivity contribution in [1.29, 1.82) is 0 Å². The Kier molecular flexibility index (Phi) is 5.34. The fourth-order valence-corrected chi connectivity index (χ4v) is 3.64. The number of nitro benzene ring substituents is 1. The highest BCUT2D eigenvalue weighted by Crippen LogP contribution is 2.27. The third kappa shape index (κ3) is 4.37. The lowest BCUT2D eigenvalue weighted by Gasteiger charge is -2.18. The van der Waals surface area contributed by atoms with E-state index in [2.05, 4.69) is 40.5 Å². The van der Waals surface area contributed by atoms with Crippen molar-refractivity contribution in [3.63, 3.8) is 0 Å². The summed E-state index contributed by atoms with van der Waals surface area (Å²) < 4.78 is 0. The average molecular weight is 339 g/mol. The molecule has 132 valence electrons. The highest BCUT2D eigenvalue weighted by atomic mass is 16.6. The Bertz CT molecular complexity index is 723. The van der Waals surface area contributed by atoms with E-state index in [1.54, 1.807) is 12.1 Å². The van der Waals surface area contributed by atoms with Crippen molar-refractivity contribution in [2.24, 2.45) is 5.92 Å². The second-order valence-corrected chi connectivity index (χ2v) is 6.97. The third-order valence-electron chi connectivity index (χ3n) is 4.91. The summed E-state index contributed by atoms with van der Waals surface area (Å²) in [6, 6.07) is 13.9. The first kappa shape index (κ1) is 17.4. The van der Waals surface area contributed by atoms with Gasteiger partial charge in [-0.15, -0.1) is 0 Å². The second kappa shape index (κ2) is 7.66. The first-order valence-corrected chi connectivity index (χ1v) is 8.78. The van der Waals surface area contributed by atoms with Gasteiger partial charge in [0.05, 0.1) is 4.92 Å². The van der Waals surface area contributed by atoms with E-state index in [0.29, 0.717) is 5.92 Å². The maximum atomic E-state index is 10.9. The van der Waals surface area contributed by atoms with Crippen molar-refractivity contribution in [3.8, 4) is 0 Å². The Morgan fingerprint density at radius 1 is 1.20 bits per heavy atom. The lowest BCUT2D eigenvalue weighted by molar-refractivity contribution is -0.384. The zero-order chi connectivity index (χ0) is 17.8. The molecule has 2 aromatic rings. The average Bonchev–Trinajstić information content (AvgIpc) is 3.02. The van der Waals surface area contributed by atoms with Crippen molar-refractivity contribution in [2.45, 2.75) is 26.8 Å². The van der Waals surface area contributed by atoms with Crippen LogP contribution in [0.25, 0.3) is 0 Å². The van der Waals surface area contributed by atoms with Crippen LogP contribution < -0.4 is 5.32 Å². The molecule has 0 bridgehead atoms. The molecular weight excluding hydrogens is 314 g/mol. The first-order chi connectivity index (χ1) is 12.0. The van der Waals surface area contributed by atoms with Crippen LogP contribution in [0.15, 0.2) is 42.5 Å². The van der Waals surface area contributed by atoms with Crippen LogP contribution >= 0.6 is 0 Å². The minimum absolute atomic E-state index is 0.162. The molecule has 3 rings (SSSR count). The van der Waals surface area contributed by atoms with E-state index in [0.717, 1.165) is 43.0 Å². The molecule has 1 N–H and O–H groups in total. The molecule has 0 spiro atoms. The van der Waals surface area contributed by atoms with E-state index < -0.39 is 0 Å². The van der Waals surface area contributed by atoms with Crippen molar-refractivity contribution in [2.75, 3.05) is 25.0 Å². The molecule has 0 amide bonds. The number of anilines is 1. The number of hydrogen-bond donors (Lipinski definition) is 1. The van der Waals surface area contributed by atoms with E-state index in [4.69, 9.17) is 0 Å². The molecule has 25 heavy (non-hydrogen) atoms. The number of rotatable bonds is 6. The molecule has 1 saturated heterocycles. The first-order valence-electron chi connectivity index (χ1n) is 8.78. The molecule has 2 aromatic carbocycles. The fourth-order valence-electron chi connectivity index (χ4n) is 3.64. The van der Waals surface area contributed by atoms with Gasteiger partial charge in [0.2, 0.25) is 0 Å². The highest BCUT2D eigenvalue weighted by Gasteiger charge is 2.22. The zero-order valence-electron chi connectivity index (χ0n) is 14.9. The summed E-state index contributed by atoms with van der Waals surface area (Å²) in [5.41, 5.74) is 4.43. The van der Waals surface area contributed by atoms with E-state index in [1.165, 1.54) is 12.0 Å². The number of likely N-dealkylation sites (tertiary alicyclic amines) is 1. The molecule has 1 fully saturated rings. The molecule has 0 aliphatic carbocycles. The van der Waals surface area contributed by atoms with Gasteiger partial charge in [-0.05, 0) is 49.4 Å². The van der Waals surface area contributed by atoms with Crippen LogP contribution in [-0.2, 0) is 6.54 Å². The molecular formula is C20H25N3O2. The van der Waals surface area contributed by atoms with Crippen LogP contribution in [0, 0.1) is 29.9 Å². The quantitative estimate of drug-likeness (QED) is 0.634. The summed E-state index contributed by atoms with van der Waals surface area (Å²) >= 11 is 0.